The van der Waals surface area contributed by atoms with Gasteiger partial charge in [0.25, 0.3) is 0 Å². The zero-order chi connectivity index (χ0) is 19.9. The number of nitrogens with one attached hydrogen (secondary N) is 1. The van der Waals surface area contributed by atoms with Crippen LogP contribution in [0.15, 0.2) is 16.5 Å². The van der Waals surface area contributed by atoms with Crippen molar-refractivity contribution in [2.24, 2.45) is 0 Å². The van der Waals surface area contributed by atoms with Crippen LogP contribution >= 0.6 is 23.1 Å². The Morgan fingerprint density at radius 2 is 2.25 bits per heavy atom. The molecule has 0 radical (unpaired) electrons. The number of thiazole rings is 1. The second-order valence-electron chi connectivity index (χ2n) is 6.18. The molecule has 7 nitrogen and oxygen atoms in total. The maximum Gasteiger partial charge on any atom is 0.311 e. The molecule has 2 aromatic rings. The number of nitrogens with zero attached hydrogens (tertiary/aromatic N) is 3. The molecule has 2 aromatic heterocycles. The van der Waals surface area contributed by atoms with Gasteiger partial charge in [-0.1, -0.05) is 0 Å². The number of carbonyl (C=O) groups excluding carboxylic acids is 2. The highest BCUT2D eigenvalue weighted by Crippen LogP contribution is 2.28. The van der Waals surface area contributed by atoms with Crippen LogP contribution < -0.4 is 5.32 Å². The summed E-state index contributed by atoms with van der Waals surface area (Å²) in [5.41, 5.74) is 3.40. The van der Waals surface area contributed by atoms with Gasteiger partial charge in [0.2, 0.25) is 5.91 Å². The van der Waals surface area contributed by atoms with Crippen LogP contribution in [0.25, 0.3) is 0 Å². The second kappa shape index (κ2) is 9.66. The molecule has 1 aliphatic rings. The maximum atomic E-state index is 12.1. The molecule has 0 aliphatic heterocycles. The summed E-state index contributed by atoms with van der Waals surface area (Å²) in [5.74, 6) is 0.0225. The van der Waals surface area contributed by atoms with E-state index in [0.29, 0.717) is 33.8 Å². The van der Waals surface area contributed by atoms with Crippen molar-refractivity contribution in [3.05, 3.63) is 34.0 Å². The molecule has 0 fully saturated rings. The van der Waals surface area contributed by atoms with Crippen LogP contribution in [0.3, 0.4) is 0 Å². The summed E-state index contributed by atoms with van der Waals surface area (Å²) in [4.78, 5) is 32.4. The molecule has 2 heterocycles. The predicted octanol–water partition coefficient (Wildman–Crippen LogP) is 3.12. The minimum atomic E-state index is -0.336. The third kappa shape index (κ3) is 5.30. The molecule has 0 aromatic carbocycles. The van der Waals surface area contributed by atoms with Crippen LogP contribution in [0.2, 0.25) is 0 Å². The number of amides is 1. The van der Waals surface area contributed by atoms with Gasteiger partial charge in [-0.05, 0) is 37.8 Å². The van der Waals surface area contributed by atoms with E-state index in [1.807, 2.05) is 6.07 Å². The van der Waals surface area contributed by atoms with Gasteiger partial charge in [0.15, 0.2) is 5.13 Å². The molecule has 1 amide bonds. The molecule has 9 heteroatoms. The number of hydrogen-bond donors (Lipinski definition) is 1. The molecule has 146 valence electrons. The van der Waals surface area contributed by atoms with Gasteiger partial charge in [0, 0.05) is 23.2 Å². The highest BCUT2D eigenvalue weighted by atomic mass is 32.2. The van der Waals surface area contributed by atoms with Crippen molar-refractivity contribution in [1.29, 1.82) is 5.26 Å². The Balaban J connectivity index is 1.48. The van der Waals surface area contributed by atoms with Gasteiger partial charge < -0.3 is 10.1 Å². The average Bonchev–Trinajstić information content (AvgIpc) is 3.29. The van der Waals surface area contributed by atoms with E-state index in [1.165, 1.54) is 28.7 Å². The smallest absolute Gasteiger partial charge is 0.311 e. The third-order valence-electron chi connectivity index (χ3n) is 4.13. The topological polar surface area (TPSA) is 105 Å². The van der Waals surface area contributed by atoms with E-state index in [4.69, 9.17) is 4.74 Å². The van der Waals surface area contributed by atoms with Crippen LogP contribution in [0.1, 0.15) is 42.3 Å². The SMILES string of the molecule is CCOC(=O)Cc1csc(NC(=O)CCSc2nc3c(cc2C#N)CCC3)n1. The van der Waals surface area contributed by atoms with Crippen LogP contribution in [0, 0.1) is 11.3 Å². The number of pyridine rings is 1. The standard InChI is InChI=1S/C19H20N4O3S2/c1-2-26-17(25)9-14-11-28-19(21-14)23-16(24)6-7-27-18-13(10-20)8-12-4-3-5-15(12)22-18/h8,11H,2-7,9H2,1H3,(H,21,23,24). The summed E-state index contributed by atoms with van der Waals surface area (Å²) < 4.78 is 4.88. The van der Waals surface area contributed by atoms with E-state index in [1.54, 1.807) is 12.3 Å². The largest absolute Gasteiger partial charge is 0.466 e. The van der Waals surface area contributed by atoms with Gasteiger partial charge in [-0.3, -0.25) is 9.59 Å². The zero-order valence-electron chi connectivity index (χ0n) is 15.5. The molecular formula is C19H20N4O3S2. The number of nitriles is 1. The Morgan fingerprint density at radius 1 is 1.39 bits per heavy atom. The molecule has 0 atom stereocenters. The first-order valence-electron chi connectivity index (χ1n) is 9.04. The number of esters is 1. The zero-order valence-corrected chi connectivity index (χ0v) is 17.1. The highest BCUT2D eigenvalue weighted by Gasteiger charge is 2.17. The molecular weight excluding hydrogens is 396 g/mol. The van der Waals surface area contributed by atoms with E-state index in [-0.39, 0.29) is 24.7 Å². The van der Waals surface area contributed by atoms with Crippen molar-refractivity contribution < 1.29 is 14.3 Å². The average molecular weight is 417 g/mol. The molecule has 0 bridgehead atoms. The Bertz CT molecular complexity index is 920. The van der Waals surface area contributed by atoms with E-state index < -0.39 is 0 Å². The predicted molar refractivity (Wildman–Crippen MR) is 107 cm³/mol. The quantitative estimate of drug-likeness (QED) is 0.521. The first-order chi connectivity index (χ1) is 13.6. The van der Waals surface area contributed by atoms with Crippen molar-refractivity contribution in [2.45, 2.75) is 44.1 Å². The summed E-state index contributed by atoms with van der Waals surface area (Å²) in [7, 11) is 0. The summed E-state index contributed by atoms with van der Waals surface area (Å²) in [6, 6.07) is 4.13. The number of fused-ring (bicyclic) bond motifs is 1. The summed E-state index contributed by atoms with van der Waals surface area (Å²) >= 11 is 2.70. The van der Waals surface area contributed by atoms with E-state index in [9.17, 15) is 14.9 Å². The lowest BCUT2D eigenvalue weighted by molar-refractivity contribution is -0.142. The minimum absolute atomic E-state index is 0.0942. The third-order valence-corrected chi connectivity index (χ3v) is 5.93. The maximum absolute atomic E-state index is 12.1. The number of thioether (sulfide) groups is 1. The molecule has 1 N–H and O–H groups in total. The van der Waals surface area contributed by atoms with Crippen LogP contribution in [-0.2, 0) is 33.6 Å². The van der Waals surface area contributed by atoms with Crippen molar-refractivity contribution in [1.82, 2.24) is 9.97 Å². The fraction of sp³-hybridized carbons (Fsp3) is 0.421. The number of aryl methyl sites for hydroxylation is 2. The number of hydrogen-bond acceptors (Lipinski definition) is 8. The van der Waals surface area contributed by atoms with Gasteiger partial charge in [-0.25, -0.2) is 9.97 Å². The Kier molecular flexibility index (Phi) is 7.01. The van der Waals surface area contributed by atoms with Crippen molar-refractivity contribution in [2.75, 3.05) is 17.7 Å². The molecule has 1 aliphatic carbocycles. The minimum Gasteiger partial charge on any atom is -0.466 e. The Labute approximate surface area is 171 Å². The van der Waals surface area contributed by atoms with Crippen molar-refractivity contribution in [3.8, 4) is 6.07 Å². The molecule has 0 saturated heterocycles. The number of anilines is 1. The summed E-state index contributed by atoms with van der Waals surface area (Å²) in [6.07, 6.45) is 3.39. The molecule has 3 rings (SSSR count). The van der Waals surface area contributed by atoms with Crippen LogP contribution in [-0.4, -0.2) is 34.2 Å². The Hall–Kier alpha value is -2.44. The lowest BCUT2D eigenvalue weighted by Crippen LogP contribution is -2.12. The Morgan fingerprint density at radius 3 is 3.04 bits per heavy atom. The first-order valence-corrected chi connectivity index (χ1v) is 10.9. The normalized spacial score (nSPS) is 12.3. The van der Waals surface area contributed by atoms with Crippen LogP contribution in [0.5, 0.6) is 0 Å². The van der Waals surface area contributed by atoms with Crippen molar-refractivity contribution >= 4 is 40.1 Å². The van der Waals surface area contributed by atoms with Gasteiger partial charge in [0.05, 0.1) is 24.3 Å². The number of ether oxygens (including phenoxy) is 1. The number of carbonyl (C=O) groups is 2. The lowest BCUT2D eigenvalue weighted by atomic mass is 10.2. The monoisotopic (exact) mass is 416 g/mol. The number of rotatable bonds is 8. The van der Waals surface area contributed by atoms with E-state index in [0.717, 1.165) is 25.0 Å². The second-order valence-corrected chi connectivity index (χ2v) is 8.13. The number of aromatic nitrogens is 2. The van der Waals surface area contributed by atoms with Gasteiger partial charge >= 0.3 is 5.97 Å². The lowest BCUT2D eigenvalue weighted by Gasteiger charge is -2.06. The van der Waals surface area contributed by atoms with Crippen LogP contribution in [0.4, 0.5) is 5.13 Å². The van der Waals surface area contributed by atoms with E-state index >= 15 is 0 Å². The van der Waals surface area contributed by atoms with Gasteiger partial charge in [-0.15, -0.1) is 23.1 Å². The fourth-order valence-corrected chi connectivity index (χ4v) is 4.51. The summed E-state index contributed by atoms with van der Waals surface area (Å²) in [6.45, 7) is 2.08. The van der Waals surface area contributed by atoms with Gasteiger partial charge in [-0.2, -0.15) is 5.26 Å². The molecule has 28 heavy (non-hydrogen) atoms. The first kappa shape index (κ1) is 20.3. The fourth-order valence-electron chi connectivity index (χ4n) is 2.87. The van der Waals surface area contributed by atoms with E-state index in [2.05, 4.69) is 21.4 Å². The highest BCUT2D eigenvalue weighted by molar-refractivity contribution is 7.99. The molecule has 0 saturated carbocycles. The van der Waals surface area contributed by atoms with Gasteiger partial charge in [0.1, 0.15) is 11.1 Å². The van der Waals surface area contributed by atoms with Crippen molar-refractivity contribution in [3.63, 3.8) is 0 Å². The molecule has 0 spiro atoms. The molecule has 0 unspecified atom stereocenters. The summed E-state index contributed by atoms with van der Waals surface area (Å²) in [5, 5.41) is 15.0.